The molecule has 0 amide bonds. The molecule has 0 aromatic heterocycles. The van der Waals surface area contributed by atoms with Gasteiger partial charge in [0.25, 0.3) is 0 Å². The van der Waals surface area contributed by atoms with E-state index >= 15 is 0 Å². The molecule has 0 spiro atoms. The van der Waals surface area contributed by atoms with Gasteiger partial charge in [0, 0.05) is 25.2 Å². The normalized spacial score (nSPS) is 18.2. The minimum absolute atomic E-state index is 0.372. The van der Waals surface area contributed by atoms with Crippen LogP contribution in [0, 0.1) is 11.6 Å². The molecule has 0 aliphatic carbocycles. The third-order valence-electron chi connectivity index (χ3n) is 3.79. The number of hydrogen-bond acceptors (Lipinski definition) is 3. The molecular weight excluding hydrogens is 298 g/mol. The molecule has 2 rings (SSSR count). The Hall–Kier alpha value is -1.05. The first kappa shape index (κ1) is 16.3. The van der Waals surface area contributed by atoms with Crippen molar-refractivity contribution in [2.45, 2.75) is 43.5 Å². The molecule has 1 fully saturated rings. The first-order valence-corrected chi connectivity index (χ1v) is 8.59. The highest BCUT2D eigenvalue weighted by Gasteiger charge is 2.29. The van der Waals surface area contributed by atoms with Gasteiger partial charge in [-0.25, -0.2) is 17.2 Å². The van der Waals surface area contributed by atoms with Crippen molar-refractivity contribution >= 4 is 10.0 Å². The van der Waals surface area contributed by atoms with Gasteiger partial charge in [0.2, 0.25) is 10.0 Å². The summed E-state index contributed by atoms with van der Waals surface area (Å²) in [5, 5.41) is 0. The van der Waals surface area contributed by atoms with Crippen LogP contribution in [0.15, 0.2) is 17.0 Å². The van der Waals surface area contributed by atoms with Crippen molar-refractivity contribution in [1.29, 1.82) is 0 Å². The van der Waals surface area contributed by atoms with Crippen LogP contribution < -0.4 is 5.73 Å². The van der Waals surface area contributed by atoms with Gasteiger partial charge in [0.05, 0.1) is 0 Å². The molecule has 1 aromatic carbocycles. The summed E-state index contributed by atoms with van der Waals surface area (Å²) >= 11 is 0. The number of hydrogen-bond donors (Lipinski definition) is 1. The van der Waals surface area contributed by atoms with Crippen molar-refractivity contribution in [3.63, 3.8) is 0 Å². The molecule has 1 saturated heterocycles. The third kappa shape index (κ3) is 3.41. The van der Waals surface area contributed by atoms with Gasteiger partial charge < -0.3 is 5.73 Å². The van der Waals surface area contributed by atoms with Crippen molar-refractivity contribution in [3.05, 3.63) is 29.3 Å². The molecule has 2 N–H and O–H groups in total. The minimum Gasteiger partial charge on any atom is -0.326 e. The van der Waals surface area contributed by atoms with Crippen LogP contribution in [0.3, 0.4) is 0 Å². The molecule has 1 heterocycles. The Kier molecular flexibility index (Phi) is 5.29. The highest BCUT2D eigenvalue weighted by molar-refractivity contribution is 7.89. The second-order valence-electron chi connectivity index (χ2n) is 5.21. The Morgan fingerprint density at radius 1 is 1.05 bits per heavy atom. The van der Waals surface area contributed by atoms with Gasteiger partial charge in [-0.2, -0.15) is 4.31 Å². The van der Waals surface area contributed by atoms with Crippen molar-refractivity contribution in [3.8, 4) is 0 Å². The summed E-state index contributed by atoms with van der Waals surface area (Å²) in [6, 6.07) is 1.94. The summed E-state index contributed by atoms with van der Waals surface area (Å²) in [6.07, 6.45) is 4.53. The van der Waals surface area contributed by atoms with Crippen LogP contribution in [0.25, 0.3) is 0 Å². The SMILES string of the molecule is NCc1c(F)ccc(S(=O)(=O)N2CCCCCCC2)c1F. The highest BCUT2D eigenvalue weighted by Crippen LogP contribution is 2.25. The van der Waals surface area contributed by atoms with Gasteiger partial charge in [-0.05, 0) is 25.0 Å². The lowest BCUT2D eigenvalue weighted by Crippen LogP contribution is -2.34. The first-order chi connectivity index (χ1) is 9.98. The van der Waals surface area contributed by atoms with Gasteiger partial charge in [-0.15, -0.1) is 0 Å². The lowest BCUT2D eigenvalue weighted by Gasteiger charge is -2.24. The zero-order chi connectivity index (χ0) is 15.5. The van der Waals surface area contributed by atoms with Gasteiger partial charge in [0.1, 0.15) is 10.7 Å². The molecule has 118 valence electrons. The van der Waals surface area contributed by atoms with Crippen molar-refractivity contribution in [2.75, 3.05) is 13.1 Å². The largest absolute Gasteiger partial charge is 0.326 e. The molecule has 0 bridgehead atoms. The zero-order valence-corrected chi connectivity index (χ0v) is 12.6. The van der Waals surface area contributed by atoms with Crippen LogP contribution in [0.2, 0.25) is 0 Å². The van der Waals surface area contributed by atoms with Crippen molar-refractivity contribution in [2.24, 2.45) is 5.73 Å². The maximum atomic E-state index is 14.2. The van der Waals surface area contributed by atoms with E-state index in [9.17, 15) is 17.2 Å². The standard InChI is InChI=1S/C14H20F2N2O2S/c15-12-6-7-13(14(16)11(12)10-17)21(19,20)18-8-4-2-1-3-5-9-18/h6-7H,1-5,8-10,17H2. The van der Waals surface area contributed by atoms with E-state index in [4.69, 9.17) is 5.73 Å². The second kappa shape index (κ2) is 6.81. The summed E-state index contributed by atoms with van der Waals surface area (Å²) in [4.78, 5) is -0.482. The maximum absolute atomic E-state index is 14.2. The summed E-state index contributed by atoms with van der Waals surface area (Å²) in [5.74, 6) is -1.89. The Balaban J connectivity index is 2.38. The molecule has 1 aromatic rings. The molecule has 0 radical (unpaired) electrons. The summed E-state index contributed by atoms with van der Waals surface area (Å²) in [7, 11) is -3.95. The summed E-state index contributed by atoms with van der Waals surface area (Å²) in [5.41, 5.74) is 4.91. The van der Waals surface area contributed by atoms with E-state index in [1.54, 1.807) is 0 Å². The predicted octanol–water partition coefficient (Wildman–Crippen LogP) is 2.38. The molecule has 0 atom stereocenters. The molecule has 0 saturated carbocycles. The quantitative estimate of drug-likeness (QED) is 0.930. The highest BCUT2D eigenvalue weighted by atomic mass is 32.2. The van der Waals surface area contributed by atoms with Crippen LogP contribution >= 0.6 is 0 Å². The van der Waals surface area contributed by atoms with Gasteiger partial charge >= 0.3 is 0 Å². The third-order valence-corrected chi connectivity index (χ3v) is 5.70. The van der Waals surface area contributed by atoms with Crippen molar-refractivity contribution < 1.29 is 17.2 Å². The molecular formula is C14H20F2N2O2S. The molecule has 1 aliphatic heterocycles. The van der Waals surface area contributed by atoms with Crippen LogP contribution in [0.5, 0.6) is 0 Å². The Bertz CT molecular complexity index is 597. The number of benzene rings is 1. The monoisotopic (exact) mass is 318 g/mol. The smallest absolute Gasteiger partial charge is 0.245 e. The lowest BCUT2D eigenvalue weighted by molar-refractivity contribution is 0.362. The molecule has 0 unspecified atom stereocenters. The summed E-state index contributed by atoms with van der Waals surface area (Å²) in [6.45, 7) is 0.370. The Morgan fingerprint density at radius 3 is 2.19 bits per heavy atom. The van der Waals surface area contributed by atoms with Gasteiger partial charge in [-0.3, -0.25) is 0 Å². The van der Waals surface area contributed by atoms with Crippen LogP contribution in [-0.4, -0.2) is 25.8 Å². The topological polar surface area (TPSA) is 63.4 Å². The number of nitrogens with zero attached hydrogens (tertiary/aromatic N) is 1. The van der Waals surface area contributed by atoms with E-state index in [1.807, 2.05) is 0 Å². The van der Waals surface area contributed by atoms with Crippen LogP contribution in [-0.2, 0) is 16.6 Å². The fourth-order valence-corrected chi connectivity index (χ4v) is 4.17. The number of sulfonamides is 1. The number of rotatable bonds is 3. The van der Waals surface area contributed by atoms with E-state index in [0.717, 1.165) is 44.2 Å². The molecule has 7 heteroatoms. The van der Waals surface area contributed by atoms with Gasteiger partial charge in [-0.1, -0.05) is 19.3 Å². The predicted molar refractivity (Wildman–Crippen MR) is 76.1 cm³/mol. The van der Waals surface area contributed by atoms with E-state index in [1.165, 1.54) is 4.31 Å². The lowest BCUT2D eigenvalue weighted by atomic mass is 10.1. The number of halogens is 2. The van der Waals surface area contributed by atoms with E-state index in [2.05, 4.69) is 0 Å². The average molecular weight is 318 g/mol. The second-order valence-corrected chi connectivity index (χ2v) is 7.12. The van der Waals surface area contributed by atoms with E-state index in [0.29, 0.717) is 13.1 Å². The van der Waals surface area contributed by atoms with Crippen LogP contribution in [0.1, 0.15) is 37.7 Å². The van der Waals surface area contributed by atoms with Crippen LogP contribution in [0.4, 0.5) is 8.78 Å². The summed E-state index contributed by atoms with van der Waals surface area (Å²) < 4.78 is 54.1. The Labute approximate surface area is 124 Å². The fraction of sp³-hybridized carbons (Fsp3) is 0.571. The van der Waals surface area contributed by atoms with E-state index in [-0.39, 0.29) is 12.1 Å². The van der Waals surface area contributed by atoms with Gasteiger partial charge in [0.15, 0.2) is 5.82 Å². The first-order valence-electron chi connectivity index (χ1n) is 7.15. The average Bonchev–Trinajstić information content (AvgIpc) is 2.37. The number of nitrogens with two attached hydrogens (primary N) is 1. The Morgan fingerprint density at radius 2 is 1.62 bits per heavy atom. The molecule has 1 aliphatic rings. The minimum atomic E-state index is -3.95. The van der Waals surface area contributed by atoms with E-state index < -0.39 is 26.6 Å². The molecule has 4 nitrogen and oxygen atoms in total. The van der Waals surface area contributed by atoms with Crippen molar-refractivity contribution in [1.82, 2.24) is 4.31 Å². The maximum Gasteiger partial charge on any atom is 0.245 e. The zero-order valence-electron chi connectivity index (χ0n) is 11.8. The fourth-order valence-electron chi connectivity index (χ4n) is 2.56. The molecule has 21 heavy (non-hydrogen) atoms.